The van der Waals surface area contributed by atoms with Crippen LogP contribution in [-0.2, 0) is 6.42 Å². The molecule has 20 heavy (non-hydrogen) atoms. The maximum absolute atomic E-state index is 12.1. The van der Waals surface area contributed by atoms with Crippen LogP contribution in [0.5, 0.6) is 0 Å². The van der Waals surface area contributed by atoms with E-state index >= 15 is 0 Å². The molecule has 2 aromatic heterocycles. The third-order valence-corrected chi connectivity index (χ3v) is 3.36. The normalized spacial score (nSPS) is 11.3. The molecule has 0 bridgehead atoms. The minimum absolute atomic E-state index is 0.160. The molecule has 0 amide bonds. The van der Waals surface area contributed by atoms with E-state index in [1.807, 2.05) is 26.0 Å². The average Bonchev–Trinajstić information content (AvgIpc) is 2.38. The Hall–Kier alpha value is -2.27. The van der Waals surface area contributed by atoms with Crippen LogP contribution in [0, 0.1) is 13.8 Å². The molecule has 0 spiro atoms. The minimum Gasteiger partial charge on any atom is -0.330 e. The highest BCUT2D eigenvalue weighted by molar-refractivity contribution is 5.92. The van der Waals surface area contributed by atoms with Crippen LogP contribution < -0.4 is 11.3 Å². The Morgan fingerprint density at radius 3 is 2.75 bits per heavy atom. The zero-order valence-electron chi connectivity index (χ0n) is 11.5. The van der Waals surface area contributed by atoms with Crippen molar-refractivity contribution in [3.63, 3.8) is 0 Å². The largest absolute Gasteiger partial charge is 0.330 e. The van der Waals surface area contributed by atoms with Crippen molar-refractivity contribution in [3.8, 4) is 0 Å². The summed E-state index contributed by atoms with van der Waals surface area (Å²) in [5, 5.41) is 1.48. The number of aryl methyl sites for hydroxylation is 2. The maximum atomic E-state index is 12.1. The third-order valence-electron chi connectivity index (χ3n) is 3.36. The highest BCUT2D eigenvalue weighted by Crippen LogP contribution is 2.21. The number of nitrogens with zero attached hydrogens (tertiary/aromatic N) is 2. The van der Waals surface area contributed by atoms with Crippen LogP contribution in [0.3, 0.4) is 0 Å². The van der Waals surface area contributed by atoms with E-state index in [1.54, 1.807) is 0 Å². The Kier molecular flexibility index (Phi) is 2.99. The van der Waals surface area contributed by atoms with Crippen LogP contribution in [0.1, 0.15) is 17.0 Å². The molecule has 0 aliphatic carbocycles. The highest BCUT2D eigenvalue weighted by Gasteiger charge is 2.08. The molecular weight excluding hydrogens is 252 g/mol. The lowest BCUT2D eigenvalue weighted by molar-refractivity contribution is 0.867. The van der Waals surface area contributed by atoms with E-state index in [0.717, 1.165) is 22.0 Å². The molecule has 2 heterocycles. The molecule has 0 atom stereocenters. The number of aromatic nitrogens is 3. The molecule has 5 heteroatoms. The fraction of sp³-hybridized carbons (Fsp3) is 0.267. The molecule has 3 rings (SSSR count). The first-order valence-electron chi connectivity index (χ1n) is 6.59. The van der Waals surface area contributed by atoms with Gasteiger partial charge in [0.1, 0.15) is 5.82 Å². The molecule has 0 aliphatic rings. The van der Waals surface area contributed by atoms with Crippen LogP contribution in [0.25, 0.3) is 21.9 Å². The summed E-state index contributed by atoms with van der Waals surface area (Å²) in [5.74, 6) is 0.585. The second-order valence-electron chi connectivity index (χ2n) is 5.06. The van der Waals surface area contributed by atoms with Gasteiger partial charge in [-0.1, -0.05) is 11.6 Å². The van der Waals surface area contributed by atoms with Gasteiger partial charge in [0.15, 0.2) is 5.65 Å². The van der Waals surface area contributed by atoms with Crippen molar-refractivity contribution in [2.45, 2.75) is 20.3 Å². The number of nitrogens with one attached hydrogen (secondary N) is 1. The van der Waals surface area contributed by atoms with E-state index in [1.165, 1.54) is 0 Å². The summed E-state index contributed by atoms with van der Waals surface area (Å²) in [4.78, 5) is 23.8. The number of rotatable bonds is 2. The van der Waals surface area contributed by atoms with Crippen molar-refractivity contribution in [2.75, 3.05) is 6.54 Å². The van der Waals surface area contributed by atoms with Crippen molar-refractivity contribution < 1.29 is 0 Å². The maximum Gasteiger partial charge on any atom is 0.260 e. The van der Waals surface area contributed by atoms with Crippen molar-refractivity contribution >= 4 is 21.9 Å². The molecule has 1 aromatic carbocycles. The first-order valence-corrected chi connectivity index (χ1v) is 6.59. The van der Waals surface area contributed by atoms with E-state index in [4.69, 9.17) is 5.73 Å². The van der Waals surface area contributed by atoms with Crippen LogP contribution in [0.4, 0.5) is 0 Å². The monoisotopic (exact) mass is 268 g/mol. The number of fused-ring (bicyclic) bond motifs is 2. The van der Waals surface area contributed by atoms with E-state index in [0.29, 0.717) is 29.8 Å². The molecular formula is C15H16N4O. The smallest absolute Gasteiger partial charge is 0.260 e. The fourth-order valence-corrected chi connectivity index (χ4v) is 2.50. The van der Waals surface area contributed by atoms with Gasteiger partial charge in [-0.25, -0.2) is 9.97 Å². The standard InChI is InChI=1S/C15H16N4O/c1-8-5-9(2)13-10(6-8)7-11-14(19-13)17-12(3-4-16)18-15(11)20/h5-7H,3-4,16H2,1-2H3,(H,17,18,19,20). The Morgan fingerprint density at radius 2 is 2.00 bits per heavy atom. The summed E-state index contributed by atoms with van der Waals surface area (Å²) in [6.07, 6.45) is 0.539. The van der Waals surface area contributed by atoms with Gasteiger partial charge in [0.05, 0.1) is 10.9 Å². The molecule has 0 saturated heterocycles. The van der Waals surface area contributed by atoms with Crippen molar-refractivity contribution in [3.05, 3.63) is 45.5 Å². The number of benzene rings is 1. The van der Waals surface area contributed by atoms with Gasteiger partial charge in [0.25, 0.3) is 5.56 Å². The minimum atomic E-state index is -0.160. The summed E-state index contributed by atoms with van der Waals surface area (Å²) >= 11 is 0. The van der Waals surface area contributed by atoms with Gasteiger partial charge >= 0.3 is 0 Å². The lowest BCUT2D eigenvalue weighted by Crippen LogP contribution is -2.15. The molecule has 0 fully saturated rings. The van der Waals surface area contributed by atoms with Crippen molar-refractivity contribution in [1.82, 2.24) is 15.0 Å². The van der Waals surface area contributed by atoms with Gasteiger partial charge in [0, 0.05) is 11.8 Å². The zero-order valence-corrected chi connectivity index (χ0v) is 11.5. The molecule has 3 aromatic rings. The van der Waals surface area contributed by atoms with Crippen LogP contribution in [0.15, 0.2) is 23.0 Å². The predicted molar refractivity (Wildman–Crippen MR) is 79.9 cm³/mol. The van der Waals surface area contributed by atoms with Crippen LogP contribution >= 0.6 is 0 Å². The molecule has 0 aliphatic heterocycles. The van der Waals surface area contributed by atoms with Crippen LogP contribution in [-0.4, -0.2) is 21.5 Å². The fourth-order valence-electron chi connectivity index (χ4n) is 2.50. The summed E-state index contributed by atoms with van der Waals surface area (Å²) < 4.78 is 0. The van der Waals surface area contributed by atoms with E-state index < -0.39 is 0 Å². The van der Waals surface area contributed by atoms with Gasteiger partial charge in [-0.3, -0.25) is 4.79 Å². The second-order valence-corrected chi connectivity index (χ2v) is 5.06. The van der Waals surface area contributed by atoms with Crippen LogP contribution in [0.2, 0.25) is 0 Å². The number of hydrogen-bond acceptors (Lipinski definition) is 4. The number of H-pyrrole nitrogens is 1. The third kappa shape index (κ3) is 2.06. The summed E-state index contributed by atoms with van der Waals surface area (Å²) in [6.45, 7) is 4.49. The Morgan fingerprint density at radius 1 is 1.20 bits per heavy atom. The molecule has 0 unspecified atom stereocenters. The first-order chi connectivity index (χ1) is 9.58. The Labute approximate surface area is 115 Å². The van der Waals surface area contributed by atoms with Gasteiger partial charge in [0.2, 0.25) is 0 Å². The van der Waals surface area contributed by atoms with E-state index in [9.17, 15) is 4.79 Å². The van der Waals surface area contributed by atoms with Crippen molar-refractivity contribution in [2.24, 2.45) is 5.73 Å². The Bertz CT molecular complexity index is 867. The Balaban J connectivity index is 2.39. The average molecular weight is 268 g/mol. The molecule has 5 nitrogen and oxygen atoms in total. The number of nitrogens with two attached hydrogens (primary N) is 1. The van der Waals surface area contributed by atoms with E-state index in [-0.39, 0.29) is 5.56 Å². The van der Waals surface area contributed by atoms with Gasteiger partial charge in [-0.2, -0.15) is 0 Å². The van der Waals surface area contributed by atoms with Gasteiger partial charge in [-0.15, -0.1) is 0 Å². The highest BCUT2D eigenvalue weighted by atomic mass is 16.1. The van der Waals surface area contributed by atoms with Crippen molar-refractivity contribution in [1.29, 1.82) is 0 Å². The number of pyridine rings is 1. The predicted octanol–water partition coefficient (Wildman–Crippen LogP) is 1.59. The quantitative estimate of drug-likeness (QED) is 0.691. The SMILES string of the molecule is Cc1cc(C)c2nc3nc(CCN)[nH]c(=O)c3cc2c1. The van der Waals surface area contributed by atoms with Gasteiger partial charge in [-0.05, 0) is 38.1 Å². The summed E-state index contributed by atoms with van der Waals surface area (Å²) in [6, 6.07) is 5.97. The number of aromatic amines is 1. The van der Waals surface area contributed by atoms with Gasteiger partial charge < -0.3 is 10.7 Å². The summed E-state index contributed by atoms with van der Waals surface area (Å²) in [7, 11) is 0. The molecule has 102 valence electrons. The lowest BCUT2D eigenvalue weighted by Gasteiger charge is -2.06. The second kappa shape index (κ2) is 4.68. The topological polar surface area (TPSA) is 84.7 Å². The summed E-state index contributed by atoms with van der Waals surface area (Å²) in [5.41, 5.74) is 8.96. The molecule has 0 saturated carbocycles. The molecule has 0 radical (unpaired) electrons. The van der Waals surface area contributed by atoms with E-state index in [2.05, 4.69) is 21.0 Å². The number of hydrogen-bond donors (Lipinski definition) is 2. The first kappa shape index (κ1) is 12.7. The lowest BCUT2D eigenvalue weighted by atomic mass is 10.1. The zero-order chi connectivity index (χ0) is 14.3. The molecule has 3 N–H and O–H groups in total.